The van der Waals surface area contributed by atoms with E-state index in [-0.39, 0.29) is 40.5 Å². The molecule has 2 fully saturated rings. The minimum absolute atomic E-state index is 0.0218. The predicted octanol–water partition coefficient (Wildman–Crippen LogP) is 5.13. The summed E-state index contributed by atoms with van der Waals surface area (Å²) in [5.41, 5.74) is 1.13. The molecule has 2 aliphatic rings. The zero-order chi connectivity index (χ0) is 26.5. The Morgan fingerprint density at radius 2 is 1.89 bits per heavy atom. The maximum Gasteiger partial charge on any atom is 0.229 e. The van der Waals surface area contributed by atoms with E-state index in [1.165, 1.54) is 6.07 Å². The number of rotatable bonds is 6. The van der Waals surface area contributed by atoms with E-state index in [1.54, 1.807) is 36.4 Å². The molecule has 36 heavy (non-hydrogen) atoms. The standard InChI is InChI=1S/C22H25Cl2FN2O.C5H9NO2/c1-22(2,3)11-18-19(21(28)27-14-7-4-6-13(23)10-14)16(12-26-18)15-8-5-9-17(24)20(15)25;7-3-6-4-1-5(8)2-4/h4-10,16,18-19,26H,11-12H2,1-3H3,(H,27,28);3-5,8H,1-2H2,(H,6,7). The predicted molar refractivity (Wildman–Crippen MR) is 142 cm³/mol. The van der Waals surface area contributed by atoms with Crippen LogP contribution in [-0.2, 0) is 9.59 Å². The summed E-state index contributed by atoms with van der Waals surface area (Å²) in [5, 5.41) is 18.3. The van der Waals surface area contributed by atoms with Crippen LogP contribution in [0.1, 0.15) is 51.5 Å². The lowest BCUT2D eigenvalue weighted by molar-refractivity contribution is -0.120. The van der Waals surface area contributed by atoms with Gasteiger partial charge in [-0.2, -0.15) is 0 Å². The minimum atomic E-state index is -0.451. The van der Waals surface area contributed by atoms with Gasteiger partial charge in [-0.25, -0.2) is 4.39 Å². The molecule has 6 nitrogen and oxygen atoms in total. The van der Waals surface area contributed by atoms with Gasteiger partial charge in [-0.15, -0.1) is 0 Å². The van der Waals surface area contributed by atoms with Crippen LogP contribution in [0.3, 0.4) is 0 Å². The van der Waals surface area contributed by atoms with E-state index in [9.17, 15) is 14.0 Å². The van der Waals surface area contributed by atoms with Crippen molar-refractivity contribution in [3.8, 4) is 0 Å². The van der Waals surface area contributed by atoms with E-state index in [2.05, 4.69) is 36.7 Å². The monoisotopic (exact) mass is 537 g/mol. The largest absolute Gasteiger partial charge is 0.393 e. The second-order valence-corrected chi connectivity index (χ2v) is 11.5. The first kappa shape index (κ1) is 28.4. The molecule has 1 aliphatic heterocycles. The van der Waals surface area contributed by atoms with E-state index in [0.29, 0.717) is 29.2 Å². The van der Waals surface area contributed by atoms with Crippen molar-refractivity contribution in [2.45, 2.75) is 64.1 Å². The van der Waals surface area contributed by atoms with Crippen molar-refractivity contribution >= 4 is 41.2 Å². The molecule has 1 aliphatic carbocycles. The Hall–Kier alpha value is -2.19. The van der Waals surface area contributed by atoms with Crippen LogP contribution < -0.4 is 16.0 Å². The van der Waals surface area contributed by atoms with Crippen molar-refractivity contribution in [1.29, 1.82) is 0 Å². The highest BCUT2D eigenvalue weighted by Gasteiger charge is 2.44. The average Bonchev–Trinajstić information content (AvgIpc) is 3.17. The van der Waals surface area contributed by atoms with Crippen molar-refractivity contribution in [3.05, 3.63) is 63.9 Å². The van der Waals surface area contributed by atoms with Crippen LogP contribution in [0.5, 0.6) is 0 Å². The maximum absolute atomic E-state index is 14.7. The fourth-order valence-electron chi connectivity index (χ4n) is 4.76. The van der Waals surface area contributed by atoms with Crippen LogP contribution in [0.2, 0.25) is 10.0 Å². The molecule has 0 spiro atoms. The highest BCUT2D eigenvalue weighted by molar-refractivity contribution is 6.31. The van der Waals surface area contributed by atoms with Crippen LogP contribution in [0.25, 0.3) is 0 Å². The number of nitrogens with one attached hydrogen (secondary N) is 3. The molecule has 4 rings (SSSR count). The van der Waals surface area contributed by atoms with E-state index < -0.39 is 11.7 Å². The highest BCUT2D eigenvalue weighted by atomic mass is 35.5. The quantitative estimate of drug-likeness (QED) is 0.384. The third-order valence-corrected chi connectivity index (χ3v) is 7.02. The van der Waals surface area contributed by atoms with Crippen molar-refractivity contribution in [2.75, 3.05) is 11.9 Å². The van der Waals surface area contributed by atoms with Crippen molar-refractivity contribution in [3.63, 3.8) is 0 Å². The van der Waals surface area contributed by atoms with Gasteiger partial charge in [0.15, 0.2) is 0 Å². The molecule has 9 heteroatoms. The van der Waals surface area contributed by atoms with Crippen molar-refractivity contribution in [2.24, 2.45) is 11.3 Å². The number of benzene rings is 2. The topological polar surface area (TPSA) is 90.5 Å². The molecule has 2 aromatic carbocycles. The molecule has 1 heterocycles. The summed E-state index contributed by atoms with van der Waals surface area (Å²) in [4.78, 5) is 23.0. The normalized spacial score (nSPS) is 25.2. The van der Waals surface area contributed by atoms with Gasteiger partial charge in [0.1, 0.15) is 5.82 Å². The summed E-state index contributed by atoms with van der Waals surface area (Å²) >= 11 is 12.0. The third kappa shape index (κ3) is 7.65. The molecule has 0 aromatic heterocycles. The molecule has 2 aromatic rings. The number of aliphatic hydroxyl groups excluding tert-OH is 1. The Labute approximate surface area is 221 Å². The number of hydrogen-bond acceptors (Lipinski definition) is 4. The van der Waals surface area contributed by atoms with E-state index in [4.69, 9.17) is 28.3 Å². The molecule has 1 saturated carbocycles. The highest BCUT2D eigenvalue weighted by Crippen LogP contribution is 2.39. The second-order valence-electron chi connectivity index (χ2n) is 10.7. The Kier molecular flexibility index (Phi) is 9.75. The van der Waals surface area contributed by atoms with Crippen LogP contribution in [-0.4, -0.2) is 42.2 Å². The molecule has 3 unspecified atom stereocenters. The summed E-state index contributed by atoms with van der Waals surface area (Å²) < 4.78 is 14.7. The van der Waals surface area contributed by atoms with Crippen LogP contribution in [0.4, 0.5) is 10.1 Å². The Balaban J connectivity index is 0.000000383. The number of halogens is 3. The third-order valence-electron chi connectivity index (χ3n) is 6.49. The molecule has 196 valence electrons. The molecule has 1 saturated heterocycles. The number of anilines is 1. The SMILES string of the molecule is CC(C)(C)CC1NCC(c2cccc(Cl)c2F)C1C(=O)Nc1cccc(Cl)c1.O=CNC1CC(O)C1. The minimum Gasteiger partial charge on any atom is -0.393 e. The van der Waals surface area contributed by atoms with Crippen LogP contribution in [0, 0.1) is 17.2 Å². The van der Waals surface area contributed by atoms with Gasteiger partial charge in [0.25, 0.3) is 0 Å². The molecule has 3 atom stereocenters. The summed E-state index contributed by atoms with van der Waals surface area (Å²) in [6.45, 7) is 6.92. The van der Waals surface area contributed by atoms with Gasteiger partial charge in [-0.1, -0.05) is 62.2 Å². The molecule has 4 N–H and O–H groups in total. The Morgan fingerprint density at radius 1 is 1.19 bits per heavy atom. The fourth-order valence-corrected chi connectivity index (χ4v) is 5.13. The van der Waals surface area contributed by atoms with Crippen molar-refractivity contribution in [1.82, 2.24) is 10.6 Å². The van der Waals surface area contributed by atoms with Gasteiger partial charge >= 0.3 is 0 Å². The summed E-state index contributed by atoms with van der Waals surface area (Å²) in [7, 11) is 0. The molecule has 0 radical (unpaired) electrons. The fraction of sp³-hybridized carbons (Fsp3) is 0.481. The van der Waals surface area contributed by atoms with Gasteiger partial charge in [-0.05, 0) is 54.5 Å². The van der Waals surface area contributed by atoms with E-state index in [0.717, 1.165) is 19.3 Å². The number of carbonyl (C=O) groups excluding carboxylic acids is 2. The lowest BCUT2D eigenvalue weighted by atomic mass is 9.78. The number of aliphatic hydroxyl groups is 1. The summed E-state index contributed by atoms with van der Waals surface area (Å²) in [5.74, 6) is -1.32. The maximum atomic E-state index is 14.7. The number of carbonyl (C=O) groups is 2. The zero-order valence-electron chi connectivity index (χ0n) is 20.7. The van der Waals surface area contributed by atoms with E-state index >= 15 is 0 Å². The molecule has 0 bridgehead atoms. The van der Waals surface area contributed by atoms with Gasteiger partial charge in [0.2, 0.25) is 12.3 Å². The summed E-state index contributed by atoms with van der Waals surface area (Å²) in [6.07, 6.45) is 2.74. The lowest BCUT2D eigenvalue weighted by Crippen LogP contribution is -2.43. The van der Waals surface area contributed by atoms with Crippen LogP contribution >= 0.6 is 23.2 Å². The van der Waals surface area contributed by atoms with Crippen molar-refractivity contribution < 1.29 is 19.1 Å². The molecule has 2 amide bonds. The first-order valence-corrected chi connectivity index (χ1v) is 12.9. The van der Waals surface area contributed by atoms with Gasteiger partial charge in [0.05, 0.1) is 17.0 Å². The Morgan fingerprint density at radius 3 is 2.50 bits per heavy atom. The average molecular weight is 538 g/mol. The second kappa shape index (κ2) is 12.4. The first-order valence-electron chi connectivity index (χ1n) is 12.1. The Bertz CT molecular complexity index is 1060. The van der Waals surface area contributed by atoms with E-state index in [1.807, 2.05) is 0 Å². The summed E-state index contributed by atoms with van der Waals surface area (Å²) in [6, 6.07) is 12.2. The van der Waals surface area contributed by atoms with Crippen LogP contribution in [0.15, 0.2) is 42.5 Å². The zero-order valence-corrected chi connectivity index (χ0v) is 22.2. The number of hydrogen-bond donors (Lipinski definition) is 4. The molecular weight excluding hydrogens is 504 g/mol. The smallest absolute Gasteiger partial charge is 0.229 e. The number of amides is 2. The van der Waals surface area contributed by atoms with Gasteiger partial charge in [-0.3, -0.25) is 9.59 Å². The van der Waals surface area contributed by atoms with Gasteiger partial charge < -0.3 is 21.1 Å². The molecular formula is C27H34Cl2FN3O3. The first-order chi connectivity index (χ1) is 17.0. The lowest BCUT2D eigenvalue weighted by Gasteiger charge is -2.30. The van der Waals surface area contributed by atoms with Gasteiger partial charge in [0, 0.05) is 35.3 Å².